The normalized spacial score (nSPS) is 18.5. The number of H-pyrrole nitrogens is 1. The van der Waals surface area contributed by atoms with E-state index < -0.39 is 0 Å². The standard InChI is InChI=1S/C13H18N6/c1-19(11-3-5-15-8-11)13-6-12(16-9-17-13)18-10-2-4-14-7-10/h2,4,6-7,9,11,14-15H,3,5,8H2,1H3,(H,16,17,18). The maximum absolute atomic E-state index is 4.35. The second-order valence-electron chi connectivity index (χ2n) is 4.74. The maximum Gasteiger partial charge on any atom is 0.135 e. The van der Waals surface area contributed by atoms with E-state index in [1.165, 1.54) is 0 Å². The molecule has 0 saturated carbocycles. The van der Waals surface area contributed by atoms with Crippen LogP contribution < -0.4 is 15.5 Å². The van der Waals surface area contributed by atoms with Gasteiger partial charge in [-0.1, -0.05) is 0 Å². The third-order valence-corrected chi connectivity index (χ3v) is 3.47. The molecule has 1 unspecified atom stereocenters. The van der Waals surface area contributed by atoms with Crippen LogP contribution in [0, 0.1) is 0 Å². The first-order valence-corrected chi connectivity index (χ1v) is 6.48. The number of hydrogen-bond acceptors (Lipinski definition) is 5. The van der Waals surface area contributed by atoms with Crippen LogP contribution in [0.25, 0.3) is 0 Å². The van der Waals surface area contributed by atoms with E-state index in [4.69, 9.17) is 0 Å². The van der Waals surface area contributed by atoms with Crippen LogP contribution in [0.2, 0.25) is 0 Å². The van der Waals surface area contributed by atoms with Gasteiger partial charge in [-0.2, -0.15) is 0 Å². The number of likely N-dealkylation sites (N-methyl/N-ethyl adjacent to an activating group) is 1. The molecule has 3 N–H and O–H groups in total. The first-order chi connectivity index (χ1) is 9.33. The summed E-state index contributed by atoms with van der Waals surface area (Å²) >= 11 is 0. The summed E-state index contributed by atoms with van der Waals surface area (Å²) in [5.41, 5.74) is 0.995. The Labute approximate surface area is 112 Å². The number of aromatic amines is 1. The predicted molar refractivity (Wildman–Crippen MR) is 75.8 cm³/mol. The van der Waals surface area contributed by atoms with Gasteiger partial charge in [-0.25, -0.2) is 9.97 Å². The van der Waals surface area contributed by atoms with Crippen LogP contribution in [0.15, 0.2) is 30.9 Å². The molecular formula is C13H18N6. The molecule has 0 radical (unpaired) electrons. The van der Waals surface area contributed by atoms with E-state index in [1.54, 1.807) is 6.33 Å². The van der Waals surface area contributed by atoms with Crippen molar-refractivity contribution in [3.8, 4) is 0 Å². The van der Waals surface area contributed by atoms with Gasteiger partial charge in [-0.3, -0.25) is 0 Å². The summed E-state index contributed by atoms with van der Waals surface area (Å²) in [6.07, 6.45) is 6.53. The van der Waals surface area contributed by atoms with Crippen molar-refractivity contribution in [3.63, 3.8) is 0 Å². The summed E-state index contributed by atoms with van der Waals surface area (Å²) in [5, 5.41) is 6.61. The molecule has 6 nitrogen and oxygen atoms in total. The molecule has 100 valence electrons. The minimum Gasteiger partial charge on any atom is -0.366 e. The average molecular weight is 258 g/mol. The monoisotopic (exact) mass is 258 g/mol. The molecule has 3 rings (SSSR count). The van der Waals surface area contributed by atoms with Crippen molar-refractivity contribution in [2.24, 2.45) is 0 Å². The van der Waals surface area contributed by atoms with Crippen LogP contribution in [0.5, 0.6) is 0 Å². The van der Waals surface area contributed by atoms with E-state index in [9.17, 15) is 0 Å². The van der Waals surface area contributed by atoms with Gasteiger partial charge < -0.3 is 20.5 Å². The zero-order valence-electron chi connectivity index (χ0n) is 10.9. The molecule has 19 heavy (non-hydrogen) atoms. The van der Waals surface area contributed by atoms with E-state index >= 15 is 0 Å². The van der Waals surface area contributed by atoms with Crippen molar-refractivity contribution in [3.05, 3.63) is 30.9 Å². The van der Waals surface area contributed by atoms with Gasteiger partial charge in [0.05, 0.1) is 5.69 Å². The fraction of sp³-hybridized carbons (Fsp3) is 0.385. The van der Waals surface area contributed by atoms with Crippen LogP contribution in [0.1, 0.15) is 6.42 Å². The Kier molecular flexibility index (Phi) is 3.33. The van der Waals surface area contributed by atoms with Crippen LogP contribution in [0.4, 0.5) is 17.3 Å². The first-order valence-electron chi connectivity index (χ1n) is 6.48. The Hall–Kier alpha value is -2.08. The number of anilines is 3. The van der Waals surface area contributed by atoms with E-state index in [2.05, 4.69) is 37.5 Å². The van der Waals surface area contributed by atoms with Crippen molar-refractivity contribution < 1.29 is 0 Å². The number of rotatable bonds is 4. The number of aromatic nitrogens is 3. The molecule has 0 aromatic carbocycles. The second kappa shape index (κ2) is 5.27. The Balaban J connectivity index is 1.75. The van der Waals surface area contributed by atoms with Crippen molar-refractivity contribution in [1.29, 1.82) is 0 Å². The molecule has 3 heterocycles. The molecule has 1 saturated heterocycles. The summed E-state index contributed by atoms with van der Waals surface area (Å²) in [4.78, 5) is 13.8. The molecule has 0 aliphatic carbocycles. The van der Waals surface area contributed by atoms with Gasteiger partial charge in [0.25, 0.3) is 0 Å². The Morgan fingerprint density at radius 2 is 2.37 bits per heavy atom. The lowest BCUT2D eigenvalue weighted by Gasteiger charge is -2.24. The number of nitrogens with zero attached hydrogens (tertiary/aromatic N) is 3. The van der Waals surface area contributed by atoms with Gasteiger partial charge >= 0.3 is 0 Å². The lowest BCUT2D eigenvalue weighted by molar-refractivity contribution is 0.677. The predicted octanol–water partition coefficient (Wildman–Crippen LogP) is 1.35. The molecular weight excluding hydrogens is 240 g/mol. The van der Waals surface area contributed by atoms with E-state index in [1.807, 2.05) is 24.5 Å². The molecule has 2 aromatic rings. The van der Waals surface area contributed by atoms with E-state index in [0.29, 0.717) is 6.04 Å². The molecule has 1 aliphatic heterocycles. The van der Waals surface area contributed by atoms with Crippen molar-refractivity contribution >= 4 is 17.3 Å². The highest BCUT2D eigenvalue weighted by molar-refractivity contribution is 5.58. The van der Waals surface area contributed by atoms with Crippen molar-refractivity contribution in [1.82, 2.24) is 20.3 Å². The Bertz CT molecular complexity index is 518. The molecule has 0 amide bonds. The third-order valence-electron chi connectivity index (χ3n) is 3.47. The quantitative estimate of drug-likeness (QED) is 0.772. The van der Waals surface area contributed by atoms with Crippen LogP contribution in [-0.4, -0.2) is 41.1 Å². The highest BCUT2D eigenvalue weighted by atomic mass is 15.2. The van der Waals surface area contributed by atoms with E-state index in [0.717, 1.165) is 36.8 Å². The molecule has 2 aromatic heterocycles. The average Bonchev–Trinajstić information content (AvgIpc) is 3.11. The molecule has 0 spiro atoms. The van der Waals surface area contributed by atoms with Gasteiger partial charge in [0.2, 0.25) is 0 Å². The summed E-state index contributed by atoms with van der Waals surface area (Å²) in [5.74, 6) is 1.75. The largest absolute Gasteiger partial charge is 0.366 e. The van der Waals surface area contributed by atoms with Crippen LogP contribution in [0.3, 0.4) is 0 Å². The third kappa shape index (κ3) is 2.68. The van der Waals surface area contributed by atoms with Gasteiger partial charge in [-0.05, 0) is 19.0 Å². The highest BCUT2D eigenvalue weighted by Gasteiger charge is 2.20. The smallest absolute Gasteiger partial charge is 0.135 e. The van der Waals surface area contributed by atoms with E-state index in [-0.39, 0.29) is 0 Å². The van der Waals surface area contributed by atoms with Crippen molar-refractivity contribution in [2.45, 2.75) is 12.5 Å². The number of nitrogens with one attached hydrogen (secondary N) is 3. The second-order valence-corrected chi connectivity index (χ2v) is 4.74. The lowest BCUT2D eigenvalue weighted by atomic mass is 10.2. The van der Waals surface area contributed by atoms with Crippen LogP contribution in [-0.2, 0) is 0 Å². The Morgan fingerprint density at radius 1 is 1.42 bits per heavy atom. The highest BCUT2D eigenvalue weighted by Crippen LogP contribution is 2.20. The molecule has 1 fully saturated rings. The van der Waals surface area contributed by atoms with Gasteiger partial charge in [0.15, 0.2) is 0 Å². The zero-order valence-corrected chi connectivity index (χ0v) is 10.9. The van der Waals surface area contributed by atoms with Gasteiger partial charge in [0.1, 0.15) is 18.0 Å². The minimum atomic E-state index is 0.509. The summed E-state index contributed by atoms with van der Waals surface area (Å²) in [6.45, 7) is 2.09. The summed E-state index contributed by atoms with van der Waals surface area (Å²) in [6, 6.07) is 4.45. The number of hydrogen-bond donors (Lipinski definition) is 3. The Morgan fingerprint density at radius 3 is 3.11 bits per heavy atom. The minimum absolute atomic E-state index is 0.509. The maximum atomic E-state index is 4.35. The lowest BCUT2D eigenvalue weighted by Crippen LogP contribution is -2.33. The van der Waals surface area contributed by atoms with Crippen molar-refractivity contribution in [2.75, 3.05) is 30.4 Å². The topological polar surface area (TPSA) is 68.9 Å². The fourth-order valence-electron chi connectivity index (χ4n) is 2.31. The fourth-order valence-corrected chi connectivity index (χ4v) is 2.31. The molecule has 6 heteroatoms. The van der Waals surface area contributed by atoms with Gasteiger partial charge in [0, 0.05) is 38.1 Å². The summed E-state index contributed by atoms with van der Waals surface area (Å²) in [7, 11) is 2.08. The zero-order chi connectivity index (χ0) is 13.1. The van der Waals surface area contributed by atoms with Crippen LogP contribution >= 0.6 is 0 Å². The molecule has 0 bridgehead atoms. The molecule has 1 aliphatic rings. The van der Waals surface area contributed by atoms with Gasteiger partial charge in [-0.15, -0.1) is 0 Å². The SMILES string of the molecule is CN(c1cc(Nc2cc[nH]c2)ncn1)C1CCNC1. The summed E-state index contributed by atoms with van der Waals surface area (Å²) < 4.78 is 0. The first kappa shape index (κ1) is 12.0. The molecule has 1 atom stereocenters.